The van der Waals surface area contributed by atoms with Crippen LogP contribution in [-0.2, 0) is 17.8 Å². The Morgan fingerprint density at radius 3 is 2.81 bits per heavy atom. The Kier molecular flexibility index (Phi) is 7.81. The number of fused-ring (bicyclic) bond motifs is 1. The molecule has 6 nitrogen and oxygen atoms in total. The van der Waals surface area contributed by atoms with Crippen molar-refractivity contribution in [3.8, 4) is 17.6 Å². The van der Waals surface area contributed by atoms with Gasteiger partial charge in [0.25, 0.3) is 0 Å². The molecule has 32 heavy (non-hydrogen) atoms. The van der Waals surface area contributed by atoms with Gasteiger partial charge < -0.3 is 19.4 Å². The molecule has 1 N–H and O–H groups in total. The molecule has 0 radical (unpaired) electrons. The molecule has 166 valence electrons. The van der Waals surface area contributed by atoms with Crippen LogP contribution in [0.1, 0.15) is 17.5 Å². The number of methoxy groups -OCH3 is 1. The van der Waals surface area contributed by atoms with Crippen LogP contribution in [0.3, 0.4) is 0 Å². The summed E-state index contributed by atoms with van der Waals surface area (Å²) in [5, 5.41) is 12.6. The van der Waals surface area contributed by atoms with Crippen molar-refractivity contribution in [3.05, 3.63) is 65.9 Å². The van der Waals surface area contributed by atoms with Crippen LogP contribution in [0.4, 0.5) is 8.78 Å². The van der Waals surface area contributed by atoms with E-state index in [9.17, 15) is 13.6 Å². The van der Waals surface area contributed by atoms with Crippen LogP contribution in [0, 0.1) is 11.3 Å². The average Bonchev–Trinajstić information content (AvgIpc) is 3.14. The van der Waals surface area contributed by atoms with Crippen molar-refractivity contribution < 1.29 is 23.0 Å². The van der Waals surface area contributed by atoms with E-state index in [-0.39, 0.29) is 17.4 Å². The van der Waals surface area contributed by atoms with Crippen molar-refractivity contribution in [2.75, 3.05) is 13.7 Å². The van der Waals surface area contributed by atoms with Gasteiger partial charge in [-0.05, 0) is 36.3 Å². The Morgan fingerprint density at radius 2 is 2.06 bits per heavy atom. The predicted octanol–water partition coefficient (Wildman–Crippen LogP) is 4.54. The van der Waals surface area contributed by atoms with Crippen LogP contribution in [0.15, 0.2) is 54.7 Å². The number of nitrogens with one attached hydrogen (secondary N) is 1. The summed E-state index contributed by atoms with van der Waals surface area (Å²) >= 11 is 0. The second-order valence-electron chi connectivity index (χ2n) is 6.94. The summed E-state index contributed by atoms with van der Waals surface area (Å²) in [5.41, 5.74) is 2.62. The Hall–Kier alpha value is -3.86. The number of alkyl halides is 2. The number of nitriles is 1. The van der Waals surface area contributed by atoms with Gasteiger partial charge in [0.15, 0.2) is 11.5 Å². The number of para-hydroxylation sites is 1. The molecule has 0 unspecified atom stereocenters. The molecule has 3 rings (SSSR count). The van der Waals surface area contributed by atoms with E-state index in [1.54, 1.807) is 18.2 Å². The summed E-state index contributed by atoms with van der Waals surface area (Å²) in [5.74, 6) is -0.0922. The minimum atomic E-state index is -2.95. The van der Waals surface area contributed by atoms with Gasteiger partial charge in [0.05, 0.1) is 19.6 Å². The van der Waals surface area contributed by atoms with Crippen molar-refractivity contribution in [3.63, 3.8) is 0 Å². The average molecular weight is 439 g/mol. The summed E-state index contributed by atoms with van der Waals surface area (Å²) in [6, 6.07) is 14.7. The maximum atomic E-state index is 12.6. The van der Waals surface area contributed by atoms with Crippen LogP contribution in [0.25, 0.3) is 17.0 Å². The van der Waals surface area contributed by atoms with Crippen LogP contribution in [0.2, 0.25) is 0 Å². The van der Waals surface area contributed by atoms with Gasteiger partial charge in [-0.15, -0.1) is 0 Å². The molecule has 0 bridgehead atoms. The molecule has 0 atom stereocenters. The highest BCUT2D eigenvalue weighted by molar-refractivity contribution is 5.96. The Labute approximate surface area is 184 Å². The van der Waals surface area contributed by atoms with E-state index in [4.69, 9.17) is 10.00 Å². The number of benzene rings is 2. The van der Waals surface area contributed by atoms with E-state index < -0.39 is 6.61 Å². The standard InChI is InChI=1S/C24H23F2N3O3/c1-31-21-9-7-17(15-22(21)32-24(25)26)11-13-28-23(30)10-8-18-16-29(14-4-12-27)20-6-3-2-5-19(18)20/h2-3,5-10,15-16,24H,4,11,13-14H2,1H3,(H,28,30)/b10-8+. The molecule has 0 aliphatic rings. The number of nitrogens with zero attached hydrogens (tertiary/aromatic N) is 2. The number of hydrogen-bond donors (Lipinski definition) is 1. The van der Waals surface area contributed by atoms with E-state index in [0.29, 0.717) is 25.9 Å². The SMILES string of the molecule is COc1ccc(CCNC(=O)/C=C/c2cn(CCC#N)c3ccccc23)cc1OC(F)F. The van der Waals surface area contributed by atoms with Gasteiger partial charge in [-0.1, -0.05) is 24.3 Å². The van der Waals surface area contributed by atoms with Gasteiger partial charge in [0.1, 0.15) is 0 Å². The lowest BCUT2D eigenvalue weighted by Gasteiger charge is -2.11. The fraction of sp³-hybridized carbons (Fsp3) is 0.250. The van der Waals surface area contributed by atoms with Crippen molar-refractivity contribution in [2.24, 2.45) is 0 Å². The third-order valence-corrected chi connectivity index (χ3v) is 4.86. The highest BCUT2D eigenvalue weighted by Crippen LogP contribution is 2.29. The van der Waals surface area contributed by atoms with Gasteiger partial charge in [0.2, 0.25) is 5.91 Å². The maximum absolute atomic E-state index is 12.6. The van der Waals surface area contributed by atoms with Crippen molar-refractivity contribution in [1.29, 1.82) is 5.26 Å². The van der Waals surface area contributed by atoms with Gasteiger partial charge in [-0.3, -0.25) is 4.79 Å². The Morgan fingerprint density at radius 1 is 1.25 bits per heavy atom. The molecule has 8 heteroatoms. The zero-order chi connectivity index (χ0) is 22.9. The van der Waals surface area contributed by atoms with E-state index in [1.807, 2.05) is 35.0 Å². The summed E-state index contributed by atoms with van der Waals surface area (Å²) in [4.78, 5) is 12.2. The Bertz CT molecular complexity index is 1150. The van der Waals surface area contributed by atoms with Crippen LogP contribution >= 0.6 is 0 Å². The molecular weight excluding hydrogens is 416 g/mol. The van der Waals surface area contributed by atoms with Crippen molar-refractivity contribution >= 4 is 22.9 Å². The largest absolute Gasteiger partial charge is 0.493 e. The summed E-state index contributed by atoms with van der Waals surface area (Å²) in [7, 11) is 1.38. The molecule has 1 amide bonds. The zero-order valence-corrected chi connectivity index (χ0v) is 17.6. The fourth-order valence-electron chi connectivity index (χ4n) is 3.38. The molecule has 0 aliphatic carbocycles. The molecule has 0 saturated heterocycles. The van der Waals surface area contributed by atoms with Gasteiger partial charge in [-0.25, -0.2) is 0 Å². The number of aromatic nitrogens is 1. The lowest BCUT2D eigenvalue weighted by Crippen LogP contribution is -2.23. The minimum absolute atomic E-state index is 0.0426. The number of amides is 1. The maximum Gasteiger partial charge on any atom is 0.387 e. The topological polar surface area (TPSA) is 76.3 Å². The highest BCUT2D eigenvalue weighted by atomic mass is 19.3. The van der Waals surface area contributed by atoms with E-state index in [0.717, 1.165) is 22.0 Å². The molecule has 3 aromatic rings. The summed E-state index contributed by atoms with van der Waals surface area (Å²) < 4.78 is 36.6. The number of carbonyl (C=O) groups is 1. The third-order valence-electron chi connectivity index (χ3n) is 4.86. The summed E-state index contributed by atoms with van der Waals surface area (Å²) in [6.07, 6.45) is 5.96. The molecule has 0 spiro atoms. The van der Waals surface area contributed by atoms with Crippen molar-refractivity contribution in [2.45, 2.75) is 26.0 Å². The lowest BCUT2D eigenvalue weighted by molar-refractivity contribution is -0.116. The number of rotatable bonds is 10. The van der Waals surface area contributed by atoms with E-state index >= 15 is 0 Å². The number of ether oxygens (including phenoxy) is 2. The molecule has 0 saturated carbocycles. The highest BCUT2D eigenvalue weighted by Gasteiger charge is 2.11. The number of hydrogen-bond acceptors (Lipinski definition) is 4. The number of halogens is 2. The van der Waals surface area contributed by atoms with E-state index in [1.165, 1.54) is 19.3 Å². The molecule has 2 aromatic carbocycles. The molecule has 0 fully saturated rings. The van der Waals surface area contributed by atoms with Gasteiger partial charge in [-0.2, -0.15) is 14.0 Å². The third kappa shape index (κ3) is 5.85. The number of aryl methyl sites for hydroxylation is 1. The van der Waals surface area contributed by atoms with E-state index in [2.05, 4.69) is 16.1 Å². The first-order chi connectivity index (χ1) is 15.5. The predicted molar refractivity (Wildman–Crippen MR) is 118 cm³/mol. The van der Waals surface area contributed by atoms with Gasteiger partial charge >= 0.3 is 6.61 Å². The van der Waals surface area contributed by atoms with Crippen LogP contribution in [0.5, 0.6) is 11.5 Å². The number of carbonyl (C=O) groups excluding carboxylic acids is 1. The first-order valence-electron chi connectivity index (χ1n) is 10.0. The minimum Gasteiger partial charge on any atom is -0.493 e. The van der Waals surface area contributed by atoms with Crippen LogP contribution < -0.4 is 14.8 Å². The molecular formula is C24H23F2N3O3. The Balaban J connectivity index is 1.60. The quantitative estimate of drug-likeness (QED) is 0.471. The second kappa shape index (κ2) is 11.0. The monoisotopic (exact) mass is 439 g/mol. The zero-order valence-electron chi connectivity index (χ0n) is 17.6. The molecule has 0 aliphatic heterocycles. The lowest BCUT2D eigenvalue weighted by atomic mass is 10.1. The molecule has 1 heterocycles. The first kappa shape index (κ1) is 22.8. The normalized spacial score (nSPS) is 11.1. The first-order valence-corrected chi connectivity index (χ1v) is 10.0. The second-order valence-corrected chi connectivity index (χ2v) is 6.94. The molecule has 1 aromatic heterocycles. The van der Waals surface area contributed by atoms with Crippen molar-refractivity contribution in [1.82, 2.24) is 9.88 Å². The van der Waals surface area contributed by atoms with Crippen LogP contribution in [-0.4, -0.2) is 30.7 Å². The van der Waals surface area contributed by atoms with Gasteiger partial charge in [0, 0.05) is 41.8 Å². The smallest absolute Gasteiger partial charge is 0.387 e. The fourth-order valence-corrected chi connectivity index (χ4v) is 3.38. The summed E-state index contributed by atoms with van der Waals surface area (Å²) in [6.45, 7) is -2.04.